The number of hydrogen-bond donors (Lipinski definition) is 3. The Hall–Kier alpha value is -2.37. The van der Waals surface area contributed by atoms with Crippen LogP contribution in [0.1, 0.15) is 55.1 Å². The summed E-state index contributed by atoms with van der Waals surface area (Å²) in [6.07, 6.45) is -0.106. The van der Waals surface area contributed by atoms with E-state index in [-0.39, 0.29) is 30.7 Å². The number of ether oxygens (including phenoxy) is 1. The average Bonchev–Trinajstić information content (AvgIpc) is 3.48. The van der Waals surface area contributed by atoms with Crippen molar-refractivity contribution in [1.82, 2.24) is 15.6 Å². The number of esters is 1. The molecule has 8 nitrogen and oxygen atoms in total. The molecule has 0 fully saturated rings. The number of benzene rings is 1. The number of thiazole rings is 1. The van der Waals surface area contributed by atoms with Crippen molar-refractivity contribution in [2.45, 2.75) is 57.8 Å². The van der Waals surface area contributed by atoms with Crippen molar-refractivity contribution >= 4 is 58.6 Å². The van der Waals surface area contributed by atoms with Crippen molar-refractivity contribution in [2.75, 3.05) is 11.5 Å². The highest BCUT2D eigenvalue weighted by atomic mass is 32.2. The Kier molecular flexibility index (Phi) is 8.41. The van der Waals surface area contributed by atoms with Crippen molar-refractivity contribution in [3.63, 3.8) is 0 Å². The molecule has 36 heavy (non-hydrogen) atoms. The maximum absolute atomic E-state index is 13.4. The molecule has 1 aromatic heterocycles. The highest BCUT2D eigenvalue weighted by Gasteiger charge is 2.42. The van der Waals surface area contributed by atoms with Crippen molar-refractivity contribution in [1.29, 1.82) is 0 Å². The van der Waals surface area contributed by atoms with E-state index in [1.54, 1.807) is 6.92 Å². The van der Waals surface area contributed by atoms with E-state index in [1.807, 2.05) is 43.5 Å². The minimum atomic E-state index is -1.02. The molecule has 0 spiro atoms. The fourth-order valence-electron chi connectivity index (χ4n) is 3.96. The molecule has 2 aromatic rings. The number of aliphatic imine (C=N–C) groups is 1. The fraction of sp³-hybridized carbons (Fsp3) is 0.480. The summed E-state index contributed by atoms with van der Waals surface area (Å²) in [5.41, 5.74) is 1.42. The number of rotatable bonds is 4. The van der Waals surface area contributed by atoms with Gasteiger partial charge in [0, 0.05) is 11.1 Å². The molecule has 0 aliphatic carbocycles. The van der Waals surface area contributed by atoms with Gasteiger partial charge in [-0.2, -0.15) is 12.6 Å². The van der Waals surface area contributed by atoms with Crippen LogP contribution in [-0.2, 0) is 32.1 Å². The Morgan fingerprint density at radius 3 is 2.83 bits per heavy atom. The number of aryl methyl sites for hydroxylation is 1. The SMILES string of the molecule is CC(C)[C@@H]1NC(=O)[C@]2(C)CSC(=N2)c2csc(n2)CNC(=O)C[C@@H](c2cccc(CCS)c2)OC1=O. The lowest BCUT2D eigenvalue weighted by molar-refractivity contribution is -0.156. The second kappa shape index (κ2) is 11.4. The number of carbonyl (C=O) groups excluding carboxylic acids is 3. The van der Waals surface area contributed by atoms with E-state index in [1.165, 1.54) is 23.1 Å². The standard InChI is InChI=1S/C25H30N4O4S3/c1-14(2)21-23(31)33-18(16-6-4-5-15(9-16)7-8-34)10-19(30)26-11-20-27-17(12-35-20)22-29-25(3,13-36-22)24(32)28-21/h4-6,9,12,14,18,21,34H,7-8,10-11,13H2,1-3H3,(H,26,30)(H,28,32)/t18-,21-,25-/m0/s1. The average molecular weight is 547 g/mol. The number of thiol groups is 1. The maximum atomic E-state index is 13.4. The van der Waals surface area contributed by atoms with Crippen molar-refractivity contribution in [2.24, 2.45) is 10.9 Å². The minimum absolute atomic E-state index is 0.0483. The van der Waals surface area contributed by atoms with Crippen LogP contribution in [0.2, 0.25) is 0 Å². The van der Waals surface area contributed by atoms with Crippen LogP contribution in [0.5, 0.6) is 0 Å². The lowest BCUT2D eigenvalue weighted by Crippen LogP contribution is -2.53. The largest absolute Gasteiger partial charge is 0.455 e. The molecule has 0 saturated carbocycles. The van der Waals surface area contributed by atoms with E-state index >= 15 is 0 Å². The number of fused-ring (bicyclic) bond motifs is 4. The summed E-state index contributed by atoms with van der Waals surface area (Å²) in [7, 11) is 0. The predicted octanol–water partition coefficient (Wildman–Crippen LogP) is 3.31. The number of aromatic nitrogens is 1. The van der Waals surface area contributed by atoms with E-state index in [0.29, 0.717) is 22.2 Å². The van der Waals surface area contributed by atoms with E-state index in [9.17, 15) is 14.4 Å². The molecular weight excluding hydrogens is 517 g/mol. The first-order valence-corrected chi connectivity index (χ1v) is 14.3. The Balaban J connectivity index is 1.68. The van der Waals surface area contributed by atoms with Crippen LogP contribution < -0.4 is 10.6 Å². The van der Waals surface area contributed by atoms with Crippen LogP contribution in [0, 0.1) is 5.92 Å². The highest BCUT2D eigenvalue weighted by Crippen LogP contribution is 2.32. The van der Waals surface area contributed by atoms with Gasteiger partial charge >= 0.3 is 5.97 Å². The molecular formula is C25H30N4O4S3. The van der Waals surface area contributed by atoms with Gasteiger partial charge in [-0.05, 0) is 36.1 Å². The maximum Gasteiger partial charge on any atom is 0.329 e. The molecule has 0 radical (unpaired) electrons. The van der Waals surface area contributed by atoms with Gasteiger partial charge in [0.1, 0.15) is 33.4 Å². The quantitative estimate of drug-likeness (QED) is 0.401. The van der Waals surface area contributed by atoms with Crippen LogP contribution in [0.15, 0.2) is 34.6 Å². The molecule has 4 rings (SSSR count). The lowest BCUT2D eigenvalue weighted by atomic mass is 9.99. The normalized spacial score (nSPS) is 25.2. The second-order valence-electron chi connectivity index (χ2n) is 9.43. The zero-order valence-electron chi connectivity index (χ0n) is 20.4. The number of nitrogens with zero attached hydrogens (tertiary/aromatic N) is 2. The third-order valence-corrected chi connectivity index (χ3v) is 8.45. The van der Waals surface area contributed by atoms with E-state index < -0.39 is 23.7 Å². The molecule has 0 unspecified atom stereocenters. The van der Waals surface area contributed by atoms with Crippen LogP contribution >= 0.6 is 35.7 Å². The first-order chi connectivity index (χ1) is 17.2. The lowest BCUT2D eigenvalue weighted by Gasteiger charge is -2.28. The minimum Gasteiger partial charge on any atom is -0.455 e. The van der Waals surface area contributed by atoms with Gasteiger partial charge in [-0.15, -0.1) is 23.1 Å². The predicted molar refractivity (Wildman–Crippen MR) is 146 cm³/mol. The van der Waals surface area contributed by atoms with Gasteiger partial charge in [-0.25, -0.2) is 9.78 Å². The van der Waals surface area contributed by atoms with Crippen LogP contribution in [-0.4, -0.2) is 50.9 Å². The number of thioether (sulfide) groups is 1. The van der Waals surface area contributed by atoms with Gasteiger partial charge in [0.05, 0.1) is 13.0 Å². The Labute approximate surface area is 224 Å². The van der Waals surface area contributed by atoms with Crippen molar-refractivity contribution in [3.8, 4) is 0 Å². The third-order valence-electron chi connectivity index (χ3n) is 6.09. The Bertz CT molecular complexity index is 1180. The molecule has 0 saturated heterocycles. The van der Waals surface area contributed by atoms with E-state index in [0.717, 1.165) is 22.6 Å². The second-order valence-corrected chi connectivity index (χ2v) is 11.8. The van der Waals surface area contributed by atoms with Crippen LogP contribution in [0.4, 0.5) is 0 Å². The monoisotopic (exact) mass is 546 g/mol. The third kappa shape index (κ3) is 6.12. The Morgan fingerprint density at radius 1 is 1.28 bits per heavy atom. The van der Waals surface area contributed by atoms with Crippen molar-refractivity contribution in [3.05, 3.63) is 51.5 Å². The molecule has 11 heteroatoms. The first-order valence-electron chi connectivity index (χ1n) is 11.8. The highest BCUT2D eigenvalue weighted by molar-refractivity contribution is 8.14. The molecule has 3 heterocycles. The van der Waals surface area contributed by atoms with E-state index in [2.05, 4.69) is 33.2 Å². The van der Waals surface area contributed by atoms with Gasteiger partial charge in [-0.1, -0.05) is 38.1 Å². The molecule has 3 atom stereocenters. The summed E-state index contributed by atoms with van der Waals surface area (Å²) >= 11 is 7.19. The smallest absolute Gasteiger partial charge is 0.329 e. The number of cyclic esters (lactones) is 1. The molecule has 192 valence electrons. The van der Waals surface area contributed by atoms with Gasteiger partial charge < -0.3 is 15.4 Å². The first kappa shape index (κ1) is 26.7. The van der Waals surface area contributed by atoms with Crippen LogP contribution in [0.3, 0.4) is 0 Å². The topological polar surface area (TPSA) is 110 Å². The van der Waals surface area contributed by atoms with Gasteiger partial charge in [-0.3, -0.25) is 14.6 Å². The van der Waals surface area contributed by atoms with Gasteiger partial charge in [0.2, 0.25) is 11.8 Å². The summed E-state index contributed by atoms with van der Waals surface area (Å²) in [5, 5.41) is 9.06. The number of amides is 2. The fourth-order valence-corrected chi connectivity index (χ4v) is 6.15. The van der Waals surface area contributed by atoms with Crippen molar-refractivity contribution < 1.29 is 19.1 Å². The zero-order valence-corrected chi connectivity index (χ0v) is 23.0. The summed E-state index contributed by atoms with van der Waals surface area (Å²) in [4.78, 5) is 48.8. The number of carbonyl (C=O) groups is 3. The van der Waals surface area contributed by atoms with Gasteiger partial charge in [0.15, 0.2) is 0 Å². The summed E-state index contributed by atoms with van der Waals surface area (Å²) in [6, 6.07) is 6.75. The molecule has 2 N–H and O–H groups in total. The van der Waals surface area contributed by atoms with Crippen LogP contribution in [0.25, 0.3) is 0 Å². The number of nitrogens with one attached hydrogen (secondary N) is 2. The molecule has 2 aliphatic rings. The summed E-state index contributed by atoms with van der Waals surface area (Å²) in [6.45, 7) is 5.71. The van der Waals surface area contributed by atoms with E-state index in [4.69, 9.17) is 4.74 Å². The number of hydrogen-bond acceptors (Lipinski definition) is 9. The summed E-state index contributed by atoms with van der Waals surface area (Å²) in [5.74, 6) is -0.295. The molecule has 2 amide bonds. The summed E-state index contributed by atoms with van der Waals surface area (Å²) < 4.78 is 5.92. The molecule has 4 bridgehead atoms. The molecule has 2 aliphatic heterocycles. The zero-order chi connectivity index (χ0) is 25.9. The van der Waals surface area contributed by atoms with Gasteiger partial charge in [0.25, 0.3) is 0 Å². The molecule has 1 aromatic carbocycles. The Morgan fingerprint density at radius 2 is 2.08 bits per heavy atom.